The molecule has 0 saturated heterocycles. The highest BCUT2D eigenvalue weighted by atomic mass is 16.5. The molecule has 0 N–H and O–H groups in total. The summed E-state index contributed by atoms with van der Waals surface area (Å²) in [7, 11) is 0. The van der Waals surface area contributed by atoms with Gasteiger partial charge in [0.15, 0.2) is 0 Å². The van der Waals surface area contributed by atoms with Crippen LogP contribution in [0.15, 0.2) is 12.2 Å². The van der Waals surface area contributed by atoms with E-state index in [0.29, 0.717) is 30.3 Å². The zero-order chi connectivity index (χ0) is 9.00. The van der Waals surface area contributed by atoms with Gasteiger partial charge in [-0.2, -0.15) is 0 Å². The standard InChI is InChI=1S/C11H14O2/c1-2-13-11(12)10-8-6-3-4-7(5-6)9(8)10/h3-4,6-10H,2,5H2,1H3. The van der Waals surface area contributed by atoms with Crippen LogP contribution in [0.5, 0.6) is 0 Å². The quantitative estimate of drug-likeness (QED) is 0.474. The van der Waals surface area contributed by atoms with Gasteiger partial charge in [-0.1, -0.05) is 12.2 Å². The lowest BCUT2D eigenvalue weighted by Gasteiger charge is -2.07. The van der Waals surface area contributed by atoms with Gasteiger partial charge in [-0.3, -0.25) is 4.79 Å². The molecular formula is C11H14O2. The van der Waals surface area contributed by atoms with Gasteiger partial charge >= 0.3 is 5.97 Å². The van der Waals surface area contributed by atoms with Crippen LogP contribution >= 0.6 is 0 Å². The van der Waals surface area contributed by atoms with E-state index in [1.54, 1.807) is 0 Å². The van der Waals surface area contributed by atoms with Crippen LogP contribution in [0.25, 0.3) is 0 Å². The molecule has 0 spiro atoms. The lowest BCUT2D eigenvalue weighted by molar-refractivity contribution is -0.145. The summed E-state index contributed by atoms with van der Waals surface area (Å²) < 4.78 is 5.06. The van der Waals surface area contributed by atoms with Gasteiger partial charge in [-0.25, -0.2) is 0 Å². The number of hydrogen-bond acceptors (Lipinski definition) is 2. The first-order chi connectivity index (χ1) is 6.33. The first-order valence-corrected chi connectivity index (χ1v) is 5.18. The summed E-state index contributed by atoms with van der Waals surface area (Å²) >= 11 is 0. The van der Waals surface area contributed by atoms with E-state index in [0.717, 1.165) is 0 Å². The van der Waals surface area contributed by atoms with Crippen LogP contribution in [0.3, 0.4) is 0 Å². The molecule has 3 aliphatic carbocycles. The SMILES string of the molecule is CCOC(=O)C1C2C3C=CC(C3)C12. The van der Waals surface area contributed by atoms with Crippen LogP contribution in [0.4, 0.5) is 0 Å². The summed E-state index contributed by atoms with van der Waals surface area (Å²) in [6.07, 6.45) is 5.89. The van der Waals surface area contributed by atoms with Crippen molar-refractivity contribution < 1.29 is 9.53 Å². The van der Waals surface area contributed by atoms with Crippen molar-refractivity contribution in [2.24, 2.45) is 29.6 Å². The molecule has 0 radical (unpaired) electrons. The Morgan fingerprint density at radius 2 is 2.00 bits per heavy atom. The molecule has 2 saturated carbocycles. The average molecular weight is 178 g/mol. The van der Waals surface area contributed by atoms with Crippen molar-refractivity contribution in [2.75, 3.05) is 6.61 Å². The molecule has 2 bridgehead atoms. The minimum Gasteiger partial charge on any atom is -0.466 e. The van der Waals surface area contributed by atoms with Crippen LogP contribution in [-0.4, -0.2) is 12.6 Å². The van der Waals surface area contributed by atoms with Crippen molar-refractivity contribution in [3.63, 3.8) is 0 Å². The minimum atomic E-state index is 0.0518. The Hall–Kier alpha value is -0.790. The largest absolute Gasteiger partial charge is 0.466 e. The second kappa shape index (κ2) is 2.37. The summed E-state index contributed by atoms with van der Waals surface area (Å²) in [5.41, 5.74) is 0. The van der Waals surface area contributed by atoms with E-state index in [-0.39, 0.29) is 11.9 Å². The lowest BCUT2D eigenvalue weighted by Crippen LogP contribution is -2.13. The molecule has 3 aliphatic rings. The zero-order valence-electron chi connectivity index (χ0n) is 7.77. The number of allylic oxidation sites excluding steroid dienone is 2. The van der Waals surface area contributed by atoms with Crippen molar-refractivity contribution in [2.45, 2.75) is 13.3 Å². The molecule has 4 unspecified atom stereocenters. The number of ether oxygens (including phenoxy) is 1. The maximum atomic E-state index is 11.5. The van der Waals surface area contributed by atoms with Crippen LogP contribution in [0, 0.1) is 29.6 Å². The molecule has 0 aromatic heterocycles. The number of hydrogen-bond donors (Lipinski definition) is 0. The predicted octanol–water partition coefficient (Wildman–Crippen LogP) is 1.62. The molecule has 0 aromatic rings. The topological polar surface area (TPSA) is 26.3 Å². The molecule has 0 heterocycles. The first kappa shape index (κ1) is 7.60. The van der Waals surface area contributed by atoms with Gasteiger partial charge in [0.1, 0.15) is 0 Å². The maximum Gasteiger partial charge on any atom is 0.309 e. The molecule has 4 atom stereocenters. The molecule has 0 amide bonds. The van der Waals surface area contributed by atoms with Crippen LogP contribution < -0.4 is 0 Å². The second-order valence-electron chi connectivity index (χ2n) is 4.38. The number of esters is 1. The molecule has 70 valence electrons. The molecule has 2 nitrogen and oxygen atoms in total. The number of rotatable bonds is 2. The van der Waals surface area contributed by atoms with Gasteiger partial charge in [0.05, 0.1) is 12.5 Å². The van der Waals surface area contributed by atoms with Crippen molar-refractivity contribution in [1.82, 2.24) is 0 Å². The fourth-order valence-electron chi connectivity index (χ4n) is 3.34. The van der Waals surface area contributed by atoms with Crippen molar-refractivity contribution in [3.05, 3.63) is 12.2 Å². The van der Waals surface area contributed by atoms with Crippen molar-refractivity contribution in [3.8, 4) is 0 Å². The summed E-state index contributed by atoms with van der Waals surface area (Å²) in [6, 6.07) is 0. The third kappa shape index (κ3) is 0.862. The summed E-state index contributed by atoms with van der Waals surface area (Å²) in [5, 5.41) is 0. The highest BCUT2D eigenvalue weighted by Crippen LogP contribution is 2.67. The van der Waals surface area contributed by atoms with Crippen LogP contribution in [0.2, 0.25) is 0 Å². The summed E-state index contributed by atoms with van der Waals surface area (Å²) in [6.45, 7) is 2.40. The van der Waals surface area contributed by atoms with Gasteiger partial charge in [0.25, 0.3) is 0 Å². The Labute approximate surface area is 78.0 Å². The fraction of sp³-hybridized carbons (Fsp3) is 0.727. The van der Waals surface area contributed by atoms with Crippen LogP contribution in [-0.2, 0) is 9.53 Å². The van der Waals surface area contributed by atoms with E-state index in [9.17, 15) is 4.79 Å². The molecular weight excluding hydrogens is 164 g/mol. The van der Waals surface area contributed by atoms with E-state index >= 15 is 0 Å². The lowest BCUT2D eigenvalue weighted by atomic mass is 10.0. The second-order valence-corrected chi connectivity index (χ2v) is 4.38. The Kier molecular flexibility index (Phi) is 1.38. The number of carbonyl (C=O) groups excluding carboxylic acids is 1. The van der Waals surface area contributed by atoms with E-state index in [4.69, 9.17) is 4.74 Å². The highest BCUT2D eigenvalue weighted by Gasteiger charge is 2.66. The van der Waals surface area contributed by atoms with Gasteiger partial charge in [0, 0.05) is 0 Å². The molecule has 3 rings (SSSR count). The molecule has 0 aliphatic heterocycles. The zero-order valence-corrected chi connectivity index (χ0v) is 7.77. The van der Waals surface area contributed by atoms with E-state index in [1.807, 2.05) is 6.92 Å². The average Bonchev–Trinajstić information content (AvgIpc) is 2.57. The first-order valence-electron chi connectivity index (χ1n) is 5.18. The number of fused-ring (bicyclic) bond motifs is 5. The normalized spacial score (nSPS) is 49.2. The summed E-state index contributed by atoms with van der Waals surface area (Å²) in [5.74, 6) is 2.99. The Bertz CT molecular complexity index is 264. The van der Waals surface area contributed by atoms with Gasteiger partial charge in [0.2, 0.25) is 0 Å². The monoisotopic (exact) mass is 178 g/mol. The Balaban J connectivity index is 1.71. The third-order valence-corrected chi connectivity index (χ3v) is 3.83. The Morgan fingerprint density at radius 1 is 1.38 bits per heavy atom. The number of carbonyl (C=O) groups is 1. The van der Waals surface area contributed by atoms with E-state index in [2.05, 4.69) is 12.2 Å². The van der Waals surface area contributed by atoms with Crippen molar-refractivity contribution >= 4 is 5.97 Å². The van der Waals surface area contributed by atoms with Crippen molar-refractivity contribution in [1.29, 1.82) is 0 Å². The van der Waals surface area contributed by atoms with Gasteiger partial charge in [-0.05, 0) is 37.0 Å². The van der Waals surface area contributed by atoms with Gasteiger partial charge in [-0.15, -0.1) is 0 Å². The minimum absolute atomic E-state index is 0.0518. The maximum absolute atomic E-state index is 11.5. The molecule has 0 aromatic carbocycles. The molecule has 2 heteroatoms. The van der Waals surface area contributed by atoms with Crippen LogP contribution in [0.1, 0.15) is 13.3 Å². The predicted molar refractivity (Wildman–Crippen MR) is 47.8 cm³/mol. The summed E-state index contributed by atoms with van der Waals surface area (Å²) in [4.78, 5) is 11.5. The third-order valence-electron chi connectivity index (χ3n) is 3.83. The Morgan fingerprint density at radius 3 is 2.54 bits per heavy atom. The highest BCUT2D eigenvalue weighted by molar-refractivity contribution is 5.77. The van der Waals surface area contributed by atoms with E-state index < -0.39 is 0 Å². The van der Waals surface area contributed by atoms with Gasteiger partial charge < -0.3 is 4.74 Å². The molecule has 13 heavy (non-hydrogen) atoms. The van der Waals surface area contributed by atoms with E-state index in [1.165, 1.54) is 6.42 Å². The smallest absolute Gasteiger partial charge is 0.309 e. The fourth-order valence-corrected chi connectivity index (χ4v) is 3.34. The molecule has 2 fully saturated rings.